The Kier molecular flexibility index (Phi) is 3.37. The number of nitro groups is 1. The topological polar surface area (TPSA) is 95.1 Å². The van der Waals surface area contributed by atoms with Crippen LogP contribution in [0.5, 0.6) is 0 Å². The molecule has 1 rings (SSSR count). The lowest BCUT2D eigenvalue weighted by molar-refractivity contribution is -0.388. The molecule has 0 aromatic carbocycles. The van der Waals surface area contributed by atoms with Crippen molar-refractivity contribution in [1.82, 2.24) is 9.78 Å². The molecule has 1 heterocycles. The van der Waals surface area contributed by atoms with Gasteiger partial charge in [-0.3, -0.25) is 14.8 Å². The maximum atomic E-state index is 11.7. The molecular formula is C9H13N3O4S. The first-order chi connectivity index (χ1) is 7.72. The third-order valence-corrected chi connectivity index (χ3v) is 3.65. The summed E-state index contributed by atoms with van der Waals surface area (Å²) in [4.78, 5) is 10.3. The zero-order valence-electron chi connectivity index (χ0n) is 9.74. The summed E-state index contributed by atoms with van der Waals surface area (Å²) >= 11 is 0. The Balaban J connectivity index is 3.73. The van der Waals surface area contributed by atoms with Gasteiger partial charge in [0.2, 0.25) is 14.9 Å². The zero-order chi connectivity index (χ0) is 13.4. The predicted octanol–water partition coefficient (Wildman–Crippen LogP) is 1.37. The first kappa shape index (κ1) is 13.4. The second kappa shape index (κ2) is 4.28. The monoisotopic (exact) mass is 259 g/mol. The van der Waals surface area contributed by atoms with Crippen LogP contribution in [0.4, 0.5) is 5.69 Å². The second-order valence-corrected chi connectivity index (χ2v) is 5.60. The molecule has 0 saturated heterocycles. The van der Waals surface area contributed by atoms with E-state index in [-0.39, 0.29) is 11.6 Å². The lowest BCUT2D eigenvalue weighted by Gasteiger charge is -1.99. The Hall–Kier alpha value is -1.70. The molecule has 0 amide bonds. The van der Waals surface area contributed by atoms with Gasteiger partial charge in [0.05, 0.1) is 4.92 Å². The molecule has 1 aromatic heterocycles. The van der Waals surface area contributed by atoms with Crippen LogP contribution < -0.4 is 0 Å². The molecule has 8 heteroatoms. The third kappa shape index (κ3) is 2.21. The highest BCUT2D eigenvalue weighted by atomic mass is 32.2. The maximum Gasteiger partial charge on any atom is 0.329 e. The predicted molar refractivity (Wildman–Crippen MR) is 61.3 cm³/mol. The summed E-state index contributed by atoms with van der Waals surface area (Å²) in [5.74, 6) is -0.240. The molecule has 0 bridgehead atoms. The highest BCUT2D eigenvalue weighted by Gasteiger charge is 2.34. The number of hydrogen-bond acceptors (Lipinski definition) is 5. The van der Waals surface area contributed by atoms with E-state index in [0.717, 1.165) is 4.68 Å². The average molecular weight is 259 g/mol. The van der Waals surface area contributed by atoms with Crippen LogP contribution in [0, 0.1) is 10.1 Å². The van der Waals surface area contributed by atoms with Gasteiger partial charge in [-0.2, -0.15) is 5.10 Å². The number of sulfone groups is 1. The highest BCUT2D eigenvalue weighted by molar-refractivity contribution is 7.94. The summed E-state index contributed by atoms with van der Waals surface area (Å²) in [5, 5.41) is 15.1. The van der Waals surface area contributed by atoms with Gasteiger partial charge in [0.25, 0.3) is 0 Å². The Morgan fingerprint density at radius 3 is 2.41 bits per heavy atom. The van der Waals surface area contributed by atoms with Crippen molar-refractivity contribution in [2.45, 2.75) is 24.8 Å². The second-order valence-electron chi connectivity index (χ2n) is 3.79. The van der Waals surface area contributed by atoms with Crippen molar-refractivity contribution in [3.8, 4) is 0 Å². The van der Waals surface area contributed by atoms with Crippen molar-refractivity contribution >= 4 is 15.5 Å². The van der Waals surface area contributed by atoms with Crippen molar-refractivity contribution in [2.24, 2.45) is 7.05 Å². The van der Waals surface area contributed by atoms with Crippen LogP contribution in [0.1, 0.15) is 25.5 Å². The molecule has 7 nitrogen and oxygen atoms in total. The molecule has 0 saturated carbocycles. The van der Waals surface area contributed by atoms with Crippen LogP contribution in [-0.2, 0) is 16.9 Å². The van der Waals surface area contributed by atoms with Gasteiger partial charge in [-0.15, -0.1) is 0 Å². The molecule has 0 aliphatic carbocycles. The van der Waals surface area contributed by atoms with Gasteiger partial charge in [-0.25, -0.2) is 8.42 Å². The number of aromatic nitrogens is 2. The van der Waals surface area contributed by atoms with Crippen LogP contribution in [-0.4, -0.2) is 23.1 Å². The summed E-state index contributed by atoms with van der Waals surface area (Å²) in [6.45, 7) is 6.57. The van der Waals surface area contributed by atoms with Crippen LogP contribution in [0.15, 0.2) is 17.0 Å². The largest absolute Gasteiger partial charge is 0.329 e. The summed E-state index contributed by atoms with van der Waals surface area (Å²) in [6.07, 6.45) is 0. The van der Waals surface area contributed by atoms with Crippen LogP contribution in [0.2, 0.25) is 0 Å². The lowest BCUT2D eigenvalue weighted by atomic mass is 10.1. The molecule has 0 aliphatic heterocycles. The number of hydrogen-bond donors (Lipinski definition) is 0. The Labute approximate surface area is 98.8 Å². The van der Waals surface area contributed by atoms with Gasteiger partial charge >= 0.3 is 5.69 Å². The minimum Gasteiger partial charge on any atom is -0.258 e. The first-order valence-electron chi connectivity index (χ1n) is 4.81. The van der Waals surface area contributed by atoms with E-state index in [1.807, 2.05) is 0 Å². The van der Waals surface area contributed by atoms with E-state index < -0.39 is 25.5 Å². The van der Waals surface area contributed by atoms with Crippen LogP contribution in [0.25, 0.3) is 0 Å². The van der Waals surface area contributed by atoms with Crippen LogP contribution in [0.3, 0.4) is 0 Å². The van der Waals surface area contributed by atoms with Gasteiger partial charge < -0.3 is 0 Å². The zero-order valence-corrected chi connectivity index (χ0v) is 10.6. The Morgan fingerprint density at radius 2 is 2.06 bits per heavy atom. The van der Waals surface area contributed by atoms with E-state index >= 15 is 0 Å². The number of rotatable bonds is 4. The van der Waals surface area contributed by atoms with E-state index in [4.69, 9.17) is 0 Å². The van der Waals surface area contributed by atoms with Crippen molar-refractivity contribution in [1.29, 1.82) is 0 Å². The standard InChI is InChI=1S/C9H13N3O4S/c1-5-17(15,16)9-8(12(13)14)7(6(2)3)10-11(9)4/h5-6H,1H2,2-4H3. The van der Waals surface area contributed by atoms with Gasteiger partial charge in [-0.1, -0.05) is 20.4 Å². The molecule has 17 heavy (non-hydrogen) atoms. The molecule has 0 unspecified atom stereocenters. The van der Waals surface area contributed by atoms with E-state index in [9.17, 15) is 18.5 Å². The fraction of sp³-hybridized carbons (Fsp3) is 0.444. The van der Waals surface area contributed by atoms with E-state index in [1.165, 1.54) is 7.05 Å². The number of aryl methyl sites for hydroxylation is 1. The Bertz CT molecular complexity index is 571. The molecule has 0 radical (unpaired) electrons. The summed E-state index contributed by atoms with van der Waals surface area (Å²) < 4.78 is 24.4. The molecule has 94 valence electrons. The van der Waals surface area contributed by atoms with Gasteiger partial charge in [0, 0.05) is 18.4 Å². The van der Waals surface area contributed by atoms with Gasteiger partial charge in [0.15, 0.2) is 0 Å². The van der Waals surface area contributed by atoms with E-state index in [1.54, 1.807) is 13.8 Å². The van der Waals surface area contributed by atoms with Gasteiger partial charge in [0.1, 0.15) is 5.69 Å². The van der Waals surface area contributed by atoms with Crippen LogP contribution >= 0.6 is 0 Å². The lowest BCUT2D eigenvalue weighted by Crippen LogP contribution is -2.06. The minimum atomic E-state index is -3.89. The molecule has 0 aliphatic rings. The molecule has 0 N–H and O–H groups in total. The Morgan fingerprint density at radius 1 is 1.53 bits per heavy atom. The average Bonchev–Trinajstić information content (AvgIpc) is 2.56. The SMILES string of the molecule is C=CS(=O)(=O)c1c([N+](=O)[O-])c(C(C)C)nn1C. The first-order valence-corrected chi connectivity index (χ1v) is 6.35. The normalized spacial score (nSPS) is 11.8. The minimum absolute atomic E-state index is 0.151. The summed E-state index contributed by atoms with van der Waals surface area (Å²) in [5.41, 5.74) is -0.319. The summed E-state index contributed by atoms with van der Waals surface area (Å²) in [6, 6.07) is 0. The van der Waals surface area contributed by atoms with Gasteiger partial charge in [-0.05, 0) is 0 Å². The van der Waals surface area contributed by atoms with Crippen molar-refractivity contribution < 1.29 is 13.3 Å². The van der Waals surface area contributed by atoms with E-state index in [0.29, 0.717) is 5.41 Å². The molecule has 1 aromatic rings. The fourth-order valence-electron chi connectivity index (χ4n) is 1.48. The number of nitrogens with zero attached hydrogens (tertiary/aromatic N) is 3. The molecule has 0 spiro atoms. The van der Waals surface area contributed by atoms with Crippen molar-refractivity contribution in [2.75, 3.05) is 0 Å². The molecular weight excluding hydrogens is 246 g/mol. The third-order valence-electron chi connectivity index (χ3n) is 2.22. The maximum absolute atomic E-state index is 11.7. The summed E-state index contributed by atoms with van der Waals surface area (Å²) in [7, 11) is -2.54. The van der Waals surface area contributed by atoms with Crippen molar-refractivity contribution in [3.63, 3.8) is 0 Å². The quantitative estimate of drug-likeness (QED) is 0.601. The van der Waals surface area contributed by atoms with E-state index in [2.05, 4.69) is 11.7 Å². The highest BCUT2D eigenvalue weighted by Crippen LogP contribution is 2.32. The van der Waals surface area contributed by atoms with Crippen molar-refractivity contribution in [3.05, 3.63) is 27.8 Å². The smallest absolute Gasteiger partial charge is 0.258 e. The molecule has 0 atom stereocenters. The fourth-order valence-corrected chi connectivity index (χ4v) is 2.49. The molecule has 0 fully saturated rings.